The highest BCUT2D eigenvalue weighted by atomic mass is 15.1. The van der Waals surface area contributed by atoms with Crippen molar-refractivity contribution in [3.63, 3.8) is 0 Å². The van der Waals surface area contributed by atoms with Crippen LogP contribution in [0.2, 0.25) is 0 Å². The molecular weight excluding hydrogens is 170 g/mol. The summed E-state index contributed by atoms with van der Waals surface area (Å²) in [6.07, 6.45) is 2.71. The Morgan fingerprint density at radius 1 is 1.14 bits per heavy atom. The molecular formula is C13H29N. The van der Waals surface area contributed by atoms with Gasteiger partial charge in [-0.1, -0.05) is 41.5 Å². The maximum atomic E-state index is 2.57. The Morgan fingerprint density at radius 2 is 1.71 bits per heavy atom. The van der Waals surface area contributed by atoms with Gasteiger partial charge in [-0.15, -0.1) is 0 Å². The van der Waals surface area contributed by atoms with Gasteiger partial charge < -0.3 is 4.90 Å². The number of rotatable bonds is 6. The molecule has 0 aliphatic rings. The minimum atomic E-state index is 0.438. The predicted molar refractivity (Wildman–Crippen MR) is 65.6 cm³/mol. The molecule has 0 radical (unpaired) electrons. The summed E-state index contributed by atoms with van der Waals surface area (Å²) in [5, 5.41) is 0. The summed E-state index contributed by atoms with van der Waals surface area (Å²) in [4.78, 5) is 2.57. The minimum absolute atomic E-state index is 0.438. The first-order valence-corrected chi connectivity index (χ1v) is 6.07. The van der Waals surface area contributed by atoms with Crippen molar-refractivity contribution in [2.45, 2.75) is 54.4 Å². The van der Waals surface area contributed by atoms with Crippen molar-refractivity contribution in [1.29, 1.82) is 0 Å². The van der Waals surface area contributed by atoms with E-state index in [0.717, 1.165) is 5.92 Å². The van der Waals surface area contributed by atoms with E-state index in [0.29, 0.717) is 5.41 Å². The molecule has 0 rings (SSSR count). The van der Waals surface area contributed by atoms with Crippen LogP contribution in [0.4, 0.5) is 0 Å². The SMILES string of the molecule is CCN(CCCC(C)C)CC(C)(C)C. The lowest BCUT2D eigenvalue weighted by Gasteiger charge is -2.29. The molecule has 0 spiro atoms. The second kappa shape index (κ2) is 6.44. The molecule has 0 atom stereocenters. The van der Waals surface area contributed by atoms with Crippen LogP contribution >= 0.6 is 0 Å². The molecule has 0 aliphatic carbocycles. The van der Waals surface area contributed by atoms with E-state index < -0.39 is 0 Å². The molecule has 0 saturated heterocycles. The fourth-order valence-electron chi connectivity index (χ4n) is 1.74. The lowest BCUT2D eigenvalue weighted by Crippen LogP contribution is -2.33. The van der Waals surface area contributed by atoms with Crippen LogP contribution in [0.15, 0.2) is 0 Å². The van der Waals surface area contributed by atoms with Gasteiger partial charge in [0, 0.05) is 6.54 Å². The highest BCUT2D eigenvalue weighted by Gasteiger charge is 2.14. The third-order valence-corrected chi connectivity index (χ3v) is 2.40. The molecule has 1 heteroatoms. The molecule has 0 heterocycles. The molecule has 0 unspecified atom stereocenters. The zero-order valence-electron chi connectivity index (χ0n) is 11.1. The summed E-state index contributed by atoms with van der Waals surface area (Å²) >= 11 is 0. The normalized spacial score (nSPS) is 12.9. The first-order chi connectivity index (χ1) is 6.35. The second-order valence-corrected chi connectivity index (χ2v) is 5.97. The van der Waals surface area contributed by atoms with Crippen molar-refractivity contribution < 1.29 is 0 Å². The van der Waals surface area contributed by atoms with Crippen molar-refractivity contribution in [3.8, 4) is 0 Å². The lowest BCUT2D eigenvalue weighted by molar-refractivity contribution is 0.194. The van der Waals surface area contributed by atoms with E-state index >= 15 is 0 Å². The monoisotopic (exact) mass is 199 g/mol. The van der Waals surface area contributed by atoms with Crippen LogP contribution in [-0.2, 0) is 0 Å². The van der Waals surface area contributed by atoms with Crippen molar-refractivity contribution in [1.82, 2.24) is 4.90 Å². The van der Waals surface area contributed by atoms with E-state index in [2.05, 4.69) is 46.4 Å². The number of hydrogen-bond donors (Lipinski definition) is 0. The highest BCUT2D eigenvalue weighted by Crippen LogP contribution is 2.15. The quantitative estimate of drug-likeness (QED) is 0.629. The van der Waals surface area contributed by atoms with Crippen LogP contribution < -0.4 is 0 Å². The van der Waals surface area contributed by atoms with E-state index in [1.165, 1.54) is 32.5 Å². The smallest absolute Gasteiger partial charge is 0.00299 e. The van der Waals surface area contributed by atoms with Crippen molar-refractivity contribution >= 4 is 0 Å². The fraction of sp³-hybridized carbons (Fsp3) is 1.00. The van der Waals surface area contributed by atoms with Crippen LogP contribution in [0.5, 0.6) is 0 Å². The Bertz CT molecular complexity index is 133. The maximum absolute atomic E-state index is 2.57. The Morgan fingerprint density at radius 3 is 2.07 bits per heavy atom. The highest BCUT2D eigenvalue weighted by molar-refractivity contribution is 4.68. The Hall–Kier alpha value is -0.0400. The molecule has 0 aliphatic heterocycles. The molecule has 0 amide bonds. The zero-order valence-corrected chi connectivity index (χ0v) is 11.1. The van der Waals surface area contributed by atoms with Crippen LogP contribution in [0, 0.1) is 11.3 Å². The van der Waals surface area contributed by atoms with Crippen molar-refractivity contribution in [2.75, 3.05) is 19.6 Å². The van der Waals surface area contributed by atoms with Gasteiger partial charge in [-0.25, -0.2) is 0 Å². The lowest BCUT2D eigenvalue weighted by atomic mass is 9.96. The summed E-state index contributed by atoms with van der Waals surface area (Å²) in [5.41, 5.74) is 0.438. The Kier molecular flexibility index (Phi) is 6.43. The van der Waals surface area contributed by atoms with Crippen LogP contribution in [-0.4, -0.2) is 24.5 Å². The van der Waals surface area contributed by atoms with Gasteiger partial charge in [0.2, 0.25) is 0 Å². The van der Waals surface area contributed by atoms with Gasteiger partial charge in [0.1, 0.15) is 0 Å². The van der Waals surface area contributed by atoms with Crippen LogP contribution in [0.25, 0.3) is 0 Å². The molecule has 86 valence electrons. The van der Waals surface area contributed by atoms with E-state index in [-0.39, 0.29) is 0 Å². The van der Waals surface area contributed by atoms with Gasteiger partial charge in [-0.3, -0.25) is 0 Å². The molecule has 0 aromatic heterocycles. The third-order valence-electron chi connectivity index (χ3n) is 2.40. The molecule has 0 saturated carbocycles. The van der Waals surface area contributed by atoms with Gasteiger partial charge in [-0.05, 0) is 37.3 Å². The summed E-state index contributed by atoms with van der Waals surface area (Å²) in [5.74, 6) is 0.850. The largest absolute Gasteiger partial charge is 0.303 e. The third kappa shape index (κ3) is 8.55. The van der Waals surface area contributed by atoms with E-state index in [1.807, 2.05) is 0 Å². The topological polar surface area (TPSA) is 3.24 Å². The summed E-state index contributed by atoms with van der Waals surface area (Å²) < 4.78 is 0. The molecule has 0 N–H and O–H groups in total. The maximum Gasteiger partial charge on any atom is 0.00299 e. The fourth-order valence-corrected chi connectivity index (χ4v) is 1.74. The van der Waals surface area contributed by atoms with Crippen molar-refractivity contribution in [2.24, 2.45) is 11.3 Å². The van der Waals surface area contributed by atoms with E-state index in [4.69, 9.17) is 0 Å². The molecule has 1 nitrogen and oxygen atoms in total. The molecule has 0 aromatic carbocycles. The van der Waals surface area contributed by atoms with Gasteiger partial charge in [0.05, 0.1) is 0 Å². The average molecular weight is 199 g/mol. The van der Waals surface area contributed by atoms with Crippen molar-refractivity contribution in [3.05, 3.63) is 0 Å². The summed E-state index contributed by atoms with van der Waals surface area (Å²) in [7, 11) is 0. The summed E-state index contributed by atoms with van der Waals surface area (Å²) in [6.45, 7) is 17.5. The standard InChI is InChI=1S/C13H29N/c1-7-14(11-13(4,5)6)10-8-9-12(2)3/h12H,7-11H2,1-6H3. The van der Waals surface area contributed by atoms with Gasteiger partial charge in [-0.2, -0.15) is 0 Å². The second-order valence-electron chi connectivity index (χ2n) is 5.97. The molecule has 0 bridgehead atoms. The predicted octanol–water partition coefficient (Wildman–Crippen LogP) is 3.79. The molecule has 14 heavy (non-hydrogen) atoms. The van der Waals surface area contributed by atoms with E-state index in [9.17, 15) is 0 Å². The van der Waals surface area contributed by atoms with Gasteiger partial charge in [0.25, 0.3) is 0 Å². The average Bonchev–Trinajstić information content (AvgIpc) is 1.99. The van der Waals surface area contributed by atoms with Crippen LogP contribution in [0.1, 0.15) is 54.4 Å². The zero-order chi connectivity index (χ0) is 11.2. The Balaban J connectivity index is 3.69. The van der Waals surface area contributed by atoms with Crippen LogP contribution in [0.3, 0.4) is 0 Å². The first kappa shape index (κ1) is 14.0. The number of nitrogens with zero attached hydrogens (tertiary/aromatic N) is 1. The van der Waals surface area contributed by atoms with E-state index in [1.54, 1.807) is 0 Å². The first-order valence-electron chi connectivity index (χ1n) is 6.07. The minimum Gasteiger partial charge on any atom is -0.303 e. The number of hydrogen-bond acceptors (Lipinski definition) is 1. The molecule has 0 fully saturated rings. The summed E-state index contributed by atoms with van der Waals surface area (Å²) in [6, 6.07) is 0. The Labute approximate surface area is 90.9 Å². The van der Waals surface area contributed by atoms with Gasteiger partial charge in [0.15, 0.2) is 0 Å². The van der Waals surface area contributed by atoms with Gasteiger partial charge >= 0.3 is 0 Å². The molecule has 0 aromatic rings.